The SMILES string of the molecule is CC(C)C#COC(=O)C(C)O. The highest BCUT2D eigenvalue weighted by Gasteiger charge is 2.07. The van der Waals surface area contributed by atoms with E-state index in [0.717, 1.165) is 0 Å². The minimum atomic E-state index is -1.10. The molecule has 1 atom stereocenters. The molecule has 0 aromatic heterocycles. The Kier molecular flexibility index (Phi) is 4.32. The largest absolute Gasteiger partial charge is 0.382 e. The van der Waals surface area contributed by atoms with Gasteiger partial charge in [0.1, 0.15) is 12.2 Å². The Hall–Kier alpha value is -1.01. The molecule has 0 bridgehead atoms. The Morgan fingerprint density at radius 2 is 2.00 bits per heavy atom. The van der Waals surface area contributed by atoms with E-state index in [1.807, 2.05) is 13.8 Å². The van der Waals surface area contributed by atoms with Crippen LogP contribution >= 0.6 is 0 Å². The van der Waals surface area contributed by atoms with E-state index in [1.54, 1.807) is 0 Å². The molecular formula is C8H12O3. The van der Waals surface area contributed by atoms with E-state index in [4.69, 9.17) is 5.11 Å². The van der Waals surface area contributed by atoms with Crippen LogP contribution in [0.3, 0.4) is 0 Å². The van der Waals surface area contributed by atoms with E-state index in [0.29, 0.717) is 0 Å². The smallest absolute Gasteiger partial charge is 0.348 e. The maximum atomic E-state index is 10.5. The van der Waals surface area contributed by atoms with E-state index in [-0.39, 0.29) is 5.92 Å². The van der Waals surface area contributed by atoms with Crippen LogP contribution in [0.25, 0.3) is 0 Å². The lowest BCUT2D eigenvalue weighted by Gasteiger charge is -1.97. The zero-order valence-corrected chi connectivity index (χ0v) is 6.92. The Balaban J connectivity index is 3.73. The van der Waals surface area contributed by atoms with Crippen LogP contribution in [-0.4, -0.2) is 17.2 Å². The second-order valence-corrected chi connectivity index (χ2v) is 2.50. The Morgan fingerprint density at radius 1 is 1.45 bits per heavy atom. The van der Waals surface area contributed by atoms with Crippen LogP contribution < -0.4 is 0 Å². The molecule has 3 heteroatoms. The van der Waals surface area contributed by atoms with E-state index in [9.17, 15) is 4.79 Å². The molecule has 11 heavy (non-hydrogen) atoms. The fourth-order valence-electron chi connectivity index (χ4n) is 0.283. The van der Waals surface area contributed by atoms with Gasteiger partial charge in [0, 0.05) is 5.92 Å². The maximum absolute atomic E-state index is 10.5. The number of rotatable bonds is 1. The molecule has 0 aliphatic rings. The maximum Gasteiger partial charge on any atom is 0.348 e. The van der Waals surface area contributed by atoms with Gasteiger partial charge in [-0.1, -0.05) is 19.8 Å². The average molecular weight is 156 g/mol. The first-order valence-electron chi connectivity index (χ1n) is 3.43. The molecule has 0 aliphatic heterocycles. The summed E-state index contributed by atoms with van der Waals surface area (Å²) in [6, 6.07) is 0. The van der Waals surface area contributed by atoms with Crippen molar-refractivity contribution in [3.63, 3.8) is 0 Å². The minimum Gasteiger partial charge on any atom is -0.382 e. The number of ether oxygens (including phenoxy) is 1. The highest BCUT2D eigenvalue weighted by molar-refractivity contribution is 5.74. The molecule has 0 saturated carbocycles. The number of aliphatic hydroxyl groups is 1. The van der Waals surface area contributed by atoms with E-state index >= 15 is 0 Å². The van der Waals surface area contributed by atoms with Crippen molar-refractivity contribution in [1.29, 1.82) is 0 Å². The normalized spacial score (nSPS) is 11.7. The predicted octanol–water partition coefficient (Wildman–Crippen LogP) is 0.527. The molecule has 0 saturated heterocycles. The Bertz CT molecular complexity index is 183. The highest BCUT2D eigenvalue weighted by atomic mass is 16.5. The van der Waals surface area contributed by atoms with Gasteiger partial charge in [-0.3, -0.25) is 0 Å². The van der Waals surface area contributed by atoms with Crippen LogP contribution in [0.2, 0.25) is 0 Å². The zero-order chi connectivity index (χ0) is 8.85. The van der Waals surface area contributed by atoms with Crippen molar-refractivity contribution >= 4 is 5.97 Å². The minimum absolute atomic E-state index is 0.164. The fourth-order valence-corrected chi connectivity index (χ4v) is 0.283. The lowest BCUT2D eigenvalue weighted by Crippen LogP contribution is -2.16. The van der Waals surface area contributed by atoms with Crippen LogP contribution in [-0.2, 0) is 9.53 Å². The van der Waals surface area contributed by atoms with Gasteiger partial charge in [0.05, 0.1) is 0 Å². The zero-order valence-electron chi connectivity index (χ0n) is 6.92. The van der Waals surface area contributed by atoms with Crippen molar-refractivity contribution in [1.82, 2.24) is 0 Å². The van der Waals surface area contributed by atoms with Gasteiger partial charge in [-0.15, -0.1) is 0 Å². The summed E-state index contributed by atoms with van der Waals surface area (Å²) in [7, 11) is 0. The molecule has 1 unspecified atom stereocenters. The quantitative estimate of drug-likeness (QED) is 0.445. The van der Waals surface area contributed by atoms with E-state index in [1.165, 1.54) is 6.92 Å². The fraction of sp³-hybridized carbons (Fsp3) is 0.625. The first-order valence-corrected chi connectivity index (χ1v) is 3.43. The van der Waals surface area contributed by atoms with Gasteiger partial charge in [0.25, 0.3) is 0 Å². The van der Waals surface area contributed by atoms with E-state index < -0.39 is 12.1 Å². The molecule has 0 fully saturated rings. The topological polar surface area (TPSA) is 46.5 Å². The number of aliphatic hydroxyl groups excluding tert-OH is 1. The van der Waals surface area contributed by atoms with Gasteiger partial charge in [-0.05, 0) is 6.92 Å². The third kappa shape index (κ3) is 5.43. The van der Waals surface area contributed by atoms with Crippen molar-refractivity contribution in [2.24, 2.45) is 5.92 Å². The summed E-state index contributed by atoms with van der Waals surface area (Å²) < 4.78 is 4.36. The molecular weight excluding hydrogens is 144 g/mol. The number of carbonyl (C=O) groups is 1. The molecule has 3 nitrogen and oxygen atoms in total. The van der Waals surface area contributed by atoms with Crippen molar-refractivity contribution < 1.29 is 14.6 Å². The van der Waals surface area contributed by atoms with Crippen molar-refractivity contribution in [3.8, 4) is 12.0 Å². The van der Waals surface area contributed by atoms with Gasteiger partial charge in [0.2, 0.25) is 0 Å². The van der Waals surface area contributed by atoms with Crippen molar-refractivity contribution in [3.05, 3.63) is 0 Å². The summed E-state index contributed by atoms with van der Waals surface area (Å²) in [6.45, 7) is 5.09. The summed E-state index contributed by atoms with van der Waals surface area (Å²) in [5.74, 6) is 2.08. The van der Waals surface area contributed by atoms with Gasteiger partial charge in [0.15, 0.2) is 0 Å². The number of carbonyl (C=O) groups excluding carboxylic acids is 1. The average Bonchev–Trinajstić information content (AvgIpc) is 1.86. The molecule has 0 radical (unpaired) electrons. The second kappa shape index (κ2) is 4.75. The third-order valence-electron chi connectivity index (χ3n) is 0.840. The molecule has 0 amide bonds. The Morgan fingerprint density at radius 3 is 2.36 bits per heavy atom. The predicted molar refractivity (Wildman–Crippen MR) is 40.4 cm³/mol. The molecule has 0 aromatic rings. The van der Waals surface area contributed by atoms with Gasteiger partial charge < -0.3 is 9.84 Å². The summed E-state index contributed by atoms with van der Waals surface area (Å²) in [5, 5.41) is 8.64. The van der Waals surface area contributed by atoms with Gasteiger partial charge in [-0.2, -0.15) is 0 Å². The monoisotopic (exact) mass is 156 g/mol. The number of esters is 1. The lowest BCUT2D eigenvalue weighted by atomic mass is 10.2. The molecule has 62 valence electrons. The van der Waals surface area contributed by atoms with E-state index in [2.05, 4.69) is 16.8 Å². The first kappa shape index (κ1) is 9.99. The van der Waals surface area contributed by atoms with Crippen LogP contribution in [0.1, 0.15) is 20.8 Å². The molecule has 1 N–H and O–H groups in total. The van der Waals surface area contributed by atoms with Crippen LogP contribution in [0.4, 0.5) is 0 Å². The lowest BCUT2D eigenvalue weighted by molar-refractivity contribution is -0.145. The first-order chi connectivity index (χ1) is 5.04. The van der Waals surface area contributed by atoms with Crippen LogP contribution in [0.15, 0.2) is 0 Å². The summed E-state index contributed by atoms with van der Waals surface area (Å²) in [5.41, 5.74) is 0. The molecule has 0 heterocycles. The molecule has 0 rings (SSSR count). The van der Waals surface area contributed by atoms with Crippen LogP contribution in [0.5, 0.6) is 0 Å². The summed E-state index contributed by atoms with van der Waals surface area (Å²) in [6.07, 6.45) is 1.11. The van der Waals surface area contributed by atoms with Crippen LogP contribution in [0, 0.1) is 17.9 Å². The van der Waals surface area contributed by atoms with Gasteiger partial charge in [-0.25, -0.2) is 4.79 Å². The summed E-state index contributed by atoms with van der Waals surface area (Å²) in [4.78, 5) is 10.5. The van der Waals surface area contributed by atoms with Crippen molar-refractivity contribution in [2.45, 2.75) is 26.9 Å². The second-order valence-electron chi connectivity index (χ2n) is 2.50. The van der Waals surface area contributed by atoms with Crippen molar-refractivity contribution in [2.75, 3.05) is 0 Å². The molecule has 0 aromatic carbocycles. The number of hydrogen-bond donors (Lipinski definition) is 1. The summed E-state index contributed by atoms with van der Waals surface area (Å²) >= 11 is 0. The van der Waals surface area contributed by atoms with Gasteiger partial charge >= 0.3 is 5.97 Å². The highest BCUT2D eigenvalue weighted by Crippen LogP contribution is 1.88. The third-order valence-corrected chi connectivity index (χ3v) is 0.840. The number of hydrogen-bond acceptors (Lipinski definition) is 3. The molecule has 0 aliphatic carbocycles. The standard InChI is InChI=1S/C8H12O3/c1-6(2)4-5-11-8(10)7(3)9/h6-7,9H,1-3H3. The Labute approximate surface area is 66.4 Å². The molecule has 0 spiro atoms.